The van der Waals surface area contributed by atoms with Crippen LogP contribution in [-0.2, 0) is 16.0 Å². The lowest BCUT2D eigenvalue weighted by Gasteiger charge is -2.32. The van der Waals surface area contributed by atoms with Crippen molar-refractivity contribution in [2.75, 3.05) is 51.5 Å². The van der Waals surface area contributed by atoms with Crippen molar-refractivity contribution in [3.63, 3.8) is 0 Å². The maximum Gasteiger partial charge on any atom is 0.257 e. The smallest absolute Gasteiger partial charge is 0.257 e. The number of rotatable bonds is 7. The number of anilines is 1. The average Bonchev–Trinajstić information content (AvgIpc) is 3.58. The van der Waals surface area contributed by atoms with Gasteiger partial charge in [0.25, 0.3) is 5.91 Å². The fourth-order valence-electron chi connectivity index (χ4n) is 4.50. The SMILES string of the molecule is COc1ccc2cc(CN(C[C@@H]3CCCO3)C(=O)c3ccoc3)c(N3CCOCC3)nc2c1. The summed E-state index contributed by atoms with van der Waals surface area (Å²) in [5, 5.41) is 1.01. The number of carbonyl (C=O) groups excluding carboxylic acids is 1. The second-order valence-corrected chi connectivity index (χ2v) is 8.46. The molecule has 0 N–H and O–H groups in total. The summed E-state index contributed by atoms with van der Waals surface area (Å²) in [6, 6.07) is 9.74. The number of carbonyl (C=O) groups is 1. The Labute approximate surface area is 193 Å². The van der Waals surface area contributed by atoms with E-state index in [0.717, 1.165) is 60.6 Å². The molecule has 33 heavy (non-hydrogen) atoms. The highest BCUT2D eigenvalue weighted by Crippen LogP contribution is 2.29. The van der Waals surface area contributed by atoms with E-state index in [2.05, 4.69) is 11.0 Å². The lowest BCUT2D eigenvalue weighted by molar-refractivity contribution is 0.0506. The zero-order chi connectivity index (χ0) is 22.6. The summed E-state index contributed by atoms with van der Waals surface area (Å²) in [5.41, 5.74) is 2.41. The topological polar surface area (TPSA) is 77.3 Å². The van der Waals surface area contributed by atoms with Crippen molar-refractivity contribution < 1.29 is 23.4 Å². The van der Waals surface area contributed by atoms with Crippen molar-refractivity contribution >= 4 is 22.6 Å². The molecule has 2 aromatic heterocycles. The van der Waals surface area contributed by atoms with Crippen molar-refractivity contribution in [1.29, 1.82) is 0 Å². The van der Waals surface area contributed by atoms with Gasteiger partial charge in [0.2, 0.25) is 0 Å². The molecular weight excluding hydrogens is 422 g/mol. The van der Waals surface area contributed by atoms with Crippen LogP contribution in [0, 0.1) is 0 Å². The molecule has 0 saturated carbocycles. The molecule has 2 saturated heterocycles. The number of hydrogen-bond acceptors (Lipinski definition) is 7. The number of benzene rings is 1. The molecule has 4 heterocycles. The molecule has 1 aromatic carbocycles. The highest BCUT2D eigenvalue weighted by Gasteiger charge is 2.26. The molecule has 0 spiro atoms. The molecule has 0 aliphatic carbocycles. The number of amides is 1. The van der Waals surface area contributed by atoms with Gasteiger partial charge in [-0.15, -0.1) is 0 Å². The molecule has 2 aliphatic heterocycles. The molecule has 174 valence electrons. The van der Waals surface area contributed by atoms with E-state index in [1.807, 2.05) is 23.1 Å². The van der Waals surface area contributed by atoms with Crippen LogP contribution < -0.4 is 9.64 Å². The van der Waals surface area contributed by atoms with Gasteiger partial charge in [0.05, 0.1) is 43.8 Å². The van der Waals surface area contributed by atoms with Crippen molar-refractivity contribution in [2.45, 2.75) is 25.5 Å². The number of hydrogen-bond donors (Lipinski definition) is 0. The van der Waals surface area contributed by atoms with E-state index in [1.165, 1.54) is 12.5 Å². The van der Waals surface area contributed by atoms with Gasteiger partial charge in [-0.1, -0.05) is 0 Å². The predicted octanol–water partition coefficient (Wildman–Crippen LogP) is 3.49. The Morgan fingerprint density at radius 3 is 2.82 bits per heavy atom. The summed E-state index contributed by atoms with van der Waals surface area (Å²) in [6.45, 7) is 4.55. The van der Waals surface area contributed by atoms with Gasteiger partial charge in [0.15, 0.2) is 0 Å². The van der Waals surface area contributed by atoms with Gasteiger partial charge in [-0.3, -0.25) is 4.79 Å². The molecular formula is C25H29N3O5. The predicted molar refractivity (Wildman–Crippen MR) is 124 cm³/mol. The standard InChI is InChI=1S/C25H29N3O5/c1-30-21-5-4-18-13-20(24(26-23(18)14-21)27-7-11-31-12-8-27)15-28(16-22-3-2-9-33-22)25(29)19-6-10-32-17-19/h4-6,10,13-14,17,22H,2-3,7-9,11-12,15-16H2,1H3/t22-/m0/s1. The fraction of sp³-hybridized carbons (Fsp3) is 0.440. The third-order valence-corrected chi connectivity index (χ3v) is 6.26. The third kappa shape index (κ3) is 4.82. The van der Waals surface area contributed by atoms with E-state index in [1.54, 1.807) is 13.2 Å². The van der Waals surface area contributed by atoms with Gasteiger partial charge in [-0.05, 0) is 37.1 Å². The Balaban J connectivity index is 1.52. The van der Waals surface area contributed by atoms with Crippen molar-refractivity contribution in [1.82, 2.24) is 9.88 Å². The zero-order valence-electron chi connectivity index (χ0n) is 18.9. The number of methoxy groups -OCH3 is 1. The highest BCUT2D eigenvalue weighted by molar-refractivity contribution is 5.94. The fourth-order valence-corrected chi connectivity index (χ4v) is 4.50. The molecule has 0 unspecified atom stereocenters. The Morgan fingerprint density at radius 2 is 2.09 bits per heavy atom. The minimum absolute atomic E-state index is 0.0466. The van der Waals surface area contributed by atoms with Crippen LogP contribution in [0.3, 0.4) is 0 Å². The van der Waals surface area contributed by atoms with Crippen LogP contribution in [-0.4, -0.2) is 68.5 Å². The first kappa shape index (κ1) is 21.7. The quantitative estimate of drug-likeness (QED) is 0.544. The van der Waals surface area contributed by atoms with Crippen molar-refractivity contribution in [3.05, 3.63) is 54.0 Å². The van der Waals surface area contributed by atoms with Gasteiger partial charge in [-0.2, -0.15) is 0 Å². The number of nitrogens with zero attached hydrogens (tertiary/aromatic N) is 3. The molecule has 0 bridgehead atoms. The Bertz CT molecular complexity index is 1090. The average molecular weight is 452 g/mol. The van der Waals surface area contributed by atoms with Gasteiger partial charge in [-0.25, -0.2) is 4.98 Å². The number of morpholine rings is 1. The second kappa shape index (κ2) is 9.80. The molecule has 0 radical (unpaired) electrons. The zero-order valence-corrected chi connectivity index (χ0v) is 18.9. The van der Waals surface area contributed by atoms with Crippen LogP contribution in [0.2, 0.25) is 0 Å². The normalized spacial score (nSPS) is 18.6. The molecule has 3 aromatic rings. The number of pyridine rings is 1. The van der Waals surface area contributed by atoms with E-state index < -0.39 is 0 Å². The number of aromatic nitrogens is 1. The Hall–Kier alpha value is -3.10. The Kier molecular flexibility index (Phi) is 6.46. The maximum absolute atomic E-state index is 13.4. The second-order valence-electron chi connectivity index (χ2n) is 8.46. The molecule has 2 aliphatic rings. The van der Waals surface area contributed by atoms with E-state index in [-0.39, 0.29) is 12.0 Å². The van der Waals surface area contributed by atoms with E-state index in [4.69, 9.17) is 23.6 Å². The van der Waals surface area contributed by atoms with Crippen LogP contribution in [0.1, 0.15) is 28.8 Å². The van der Waals surface area contributed by atoms with E-state index in [9.17, 15) is 4.79 Å². The number of ether oxygens (including phenoxy) is 3. The highest BCUT2D eigenvalue weighted by atomic mass is 16.5. The summed E-state index contributed by atoms with van der Waals surface area (Å²) in [6.07, 6.45) is 5.06. The molecule has 1 atom stereocenters. The summed E-state index contributed by atoms with van der Waals surface area (Å²) in [7, 11) is 1.66. The minimum atomic E-state index is -0.0676. The van der Waals surface area contributed by atoms with E-state index >= 15 is 0 Å². The molecule has 2 fully saturated rings. The molecule has 5 rings (SSSR count). The first-order valence-electron chi connectivity index (χ1n) is 11.4. The van der Waals surface area contributed by atoms with Gasteiger partial charge >= 0.3 is 0 Å². The Morgan fingerprint density at radius 1 is 1.21 bits per heavy atom. The lowest BCUT2D eigenvalue weighted by atomic mass is 10.1. The van der Waals surface area contributed by atoms with Crippen molar-refractivity contribution in [2.24, 2.45) is 0 Å². The number of furan rings is 1. The van der Waals surface area contributed by atoms with Crippen LogP contribution >= 0.6 is 0 Å². The first-order chi connectivity index (χ1) is 16.2. The minimum Gasteiger partial charge on any atom is -0.497 e. The van der Waals surface area contributed by atoms with Gasteiger partial charge in [0.1, 0.15) is 17.8 Å². The van der Waals surface area contributed by atoms with Crippen molar-refractivity contribution in [3.8, 4) is 5.75 Å². The molecule has 1 amide bonds. The first-order valence-corrected chi connectivity index (χ1v) is 11.4. The van der Waals surface area contributed by atoms with Crippen LogP contribution in [0.15, 0.2) is 47.3 Å². The van der Waals surface area contributed by atoms with E-state index in [0.29, 0.717) is 31.9 Å². The van der Waals surface area contributed by atoms with Gasteiger partial charge < -0.3 is 28.4 Å². The van der Waals surface area contributed by atoms with Crippen LogP contribution in [0.25, 0.3) is 10.9 Å². The monoisotopic (exact) mass is 451 g/mol. The van der Waals surface area contributed by atoms with Gasteiger partial charge in [0, 0.05) is 49.8 Å². The summed E-state index contributed by atoms with van der Waals surface area (Å²) in [5.74, 6) is 1.59. The van der Waals surface area contributed by atoms with Crippen LogP contribution in [0.5, 0.6) is 5.75 Å². The lowest BCUT2D eigenvalue weighted by Crippen LogP contribution is -2.39. The summed E-state index contributed by atoms with van der Waals surface area (Å²) >= 11 is 0. The maximum atomic E-state index is 13.4. The summed E-state index contributed by atoms with van der Waals surface area (Å²) < 4.78 is 22.0. The largest absolute Gasteiger partial charge is 0.497 e. The number of fused-ring (bicyclic) bond motifs is 1. The summed E-state index contributed by atoms with van der Waals surface area (Å²) in [4.78, 5) is 22.5. The molecule has 8 heteroatoms. The molecule has 8 nitrogen and oxygen atoms in total. The van der Waals surface area contributed by atoms with Crippen LogP contribution in [0.4, 0.5) is 5.82 Å². The third-order valence-electron chi connectivity index (χ3n) is 6.26.